The molecule has 1 aliphatic rings. The Morgan fingerprint density at radius 1 is 1.14 bits per heavy atom. The zero-order valence-electron chi connectivity index (χ0n) is 11.5. The van der Waals surface area contributed by atoms with Crippen molar-refractivity contribution in [2.24, 2.45) is 5.92 Å². The maximum atomic E-state index is 13.5. The third-order valence-corrected chi connectivity index (χ3v) is 4.48. The first-order chi connectivity index (χ1) is 10.2. The fourth-order valence-corrected chi connectivity index (χ4v) is 2.89. The van der Waals surface area contributed by atoms with E-state index in [0.717, 1.165) is 23.4 Å². The van der Waals surface area contributed by atoms with Gasteiger partial charge in [-0.15, -0.1) is 11.8 Å². The van der Waals surface area contributed by atoms with E-state index in [-0.39, 0.29) is 17.6 Å². The third-order valence-electron chi connectivity index (χ3n) is 3.42. The molecule has 3 rings (SSSR count). The number of anilines is 1. The van der Waals surface area contributed by atoms with Crippen LogP contribution in [0.2, 0.25) is 0 Å². The maximum absolute atomic E-state index is 13.5. The van der Waals surface area contributed by atoms with Crippen LogP contribution in [0.5, 0.6) is 0 Å². The number of carbonyl (C=O) groups excluding carboxylic acids is 1. The molecule has 1 N–H and O–H groups in total. The van der Waals surface area contributed by atoms with E-state index in [1.165, 1.54) is 6.07 Å². The average molecular weight is 301 g/mol. The van der Waals surface area contributed by atoms with Crippen molar-refractivity contribution in [3.63, 3.8) is 0 Å². The molecule has 1 fully saturated rings. The summed E-state index contributed by atoms with van der Waals surface area (Å²) < 4.78 is 13.5. The normalized spacial score (nSPS) is 14.0. The highest BCUT2D eigenvalue weighted by Gasteiger charge is 2.29. The number of amides is 1. The number of nitrogens with one attached hydrogen (secondary N) is 1. The Morgan fingerprint density at radius 3 is 2.52 bits per heavy atom. The van der Waals surface area contributed by atoms with Gasteiger partial charge in [0.2, 0.25) is 5.91 Å². The summed E-state index contributed by atoms with van der Waals surface area (Å²) in [6.07, 6.45) is 2.00. The summed E-state index contributed by atoms with van der Waals surface area (Å²) in [5.41, 5.74) is 1.52. The van der Waals surface area contributed by atoms with Crippen molar-refractivity contribution >= 4 is 23.4 Å². The SMILES string of the molecule is O=C(Nc1ccc(SCc2ccccc2F)cc1)C1CC1. The lowest BCUT2D eigenvalue weighted by atomic mass is 10.2. The number of carbonyl (C=O) groups is 1. The molecule has 0 heterocycles. The van der Waals surface area contributed by atoms with Crippen molar-refractivity contribution in [3.05, 3.63) is 59.9 Å². The fourth-order valence-electron chi connectivity index (χ4n) is 2.00. The third kappa shape index (κ3) is 3.85. The Balaban J connectivity index is 1.56. The van der Waals surface area contributed by atoms with Crippen LogP contribution in [0, 0.1) is 11.7 Å². The smallest absolute Gasteiger partial charge is 0.227 e. The molecule has 0 aliphatic heterocycles. The highest BCUT2D eigenvalue weighted by molar-refractivity contribution is 7.98. The molecular formula is C17H16FNOS. The molecular weight excluding hydrogens is 285 g/mol. The summed E-state index contributed by atoms with van der Waals surface area (Å²) in [5.74, 6) is 0.751. The fraction of sp³-hybridized carbons (Fsp3) is 0.235. The van der Waals surface area contributed by atoms with Crippen molar-refractivity contribution in [2.75, 3.05) is 5.32 Å². The lowest BCUT2D eigenvalue weighted by Gasteiger charge is -2.06. The van der Waals surface area contributed by atoms with Crippen molar-refractivity contribution in [1.29, 1.82) is 0 Å². The number of hydrogen-bond acceptors (Lipinski definition) is 2. The minimum absolute atomic E-state index is 0.113. The number of thioether (sulfide) groups is 1. The predicted molar refractivity (Wildman–Crippen MR) is 83.8 cm³/mol. The van der Waals surface area contributed by atoms with E-state index in [9.17, 15) is 9.18 Å². The van der Waals surface area contributed by atoms with E-state index in [1.54, 1.807) is 23.9 Å². The van der Waals surface area contributed by atoms with E-state index in [1.807, 2.05) is 30.3 Å². The average Bonchev–Trinajstić information content (AvgIpc) is 3.33. The van der Waals surface area contributed by atoms with Gasteiger partial charge in [0, 0.05) is 22.3 Å². The molecule has 0 atom stereocenters. The molecule has 108 valence electrons. The number of benzene rings is 2. The highest BCUT2D eigenvalue weighted by atomic mass is 32.2. The van der Waals surface area contributed by atoms with Gasteiger partial charge in [-0.25, -0.2) is 4.39 Å². The molecule has 1 amide bonds. The van der Waals surface area contributed by atoms with Crippen LogP contribution in [0.4, 0.5) is 10.1 Å². The van der Waals surface area contributed by atoms with E-state index in [2.05, 4.69) is 5.32 Å². The Labute approximate surface area is 127 Å². The Bertz CT molecular complexity index is 637. The second-order valence-electron chi connectivity index (χ2n) is 5.17. The molecule has 2 aromatic rings. The van der Waals surface area contributed by atoms with Crippen molar-refractivity contribution in [1.82, 2.24) is 0 Å². The molecule has 0 spiro atoms. The lowest BCUT2D eigenvalue weighted by molar-refractivity contribution is -0.117. The first-order valence-electron chi connectivity index (χ1n) is 6.99. The zero-order chi connectivity index (χ0) is 14.7. The zero-order valence-corrected chi connectivity index (χ0v) is 12.3. The highest BCUT2D eigenvalue weighted by Crippen LogP contribution is 2.30. The second-order valence-corrected chi connectivity index (χ2v) is 6.22. The predicted octanol–water partition coefficient (Wildman–Crippen LogP) is 4.47. The van der Waals surface area contributed by atoms with Gasteiger partial charge in [0.25, 0.3) is 0 Å². The standard InChI is InChI=1S/C17H16FNOS/c18-16-4-2-1-3-13(16)11-21-15-9-7-14(8-10-15)19-17(20)12-5-6-12/h1-4,7-10,12H,5-6,11H2,(H,19,20). The van der Waals surface area contributed by atoms with Gasteiger partial charge in [-0.2, -0.15) is 0 Å². The number of halogens is 1. The van der Waals surface area contributed by atoms with E-state index in [0.29, 0.717) is 11.3 Å². The summed E-state index contributed by atoms with van der Waals surface area (Å²) in [7, 11) is 0. The van der Waals surface area contributed by atoms with Crippen molar-refractivity contribution in [2.45, 2.75) is 23.5 Å². The van der Waals surface area contributed by atoms with Gasteiger partial charge in [0.05, 0.1) is 0 Å². The molecule has 0 bridgehead atoms. The van der Waals surface area contributed by atoms with Crippen LogP contribution in [-0.2, 0) is 10.5 Å². The molecule has 0 saturated heterocycles. The van der Waals surface area contributed by atoms with Crippen LogP contribution in [0.25, 0.3) is 0 Å². The molecule has 21 heavy (non-hydrogen) atoms. The summed E-state index contributed by atoms with van der Waals surface area (Å²) >= 11 is 1.58. The van der Waals surface area contributed by atoms with E-state index >= 15 is 0 Å². The summed E-state index contributed by atoms with van der Waals surface area (Å²) in [6, 6.07) is 14.5. The second kappa shape index (κ2) is 6.31. The van der Waals surface area contributed by atoms with Gasteiger partial charge in [0.1, 0.15) is 5.82 Å². The Morgan fingerprint density at radius 2 is 1.86 bits per heavy atom. The van der Waals surface area contributed by atoms with Crippen LogP contribution >= 0.6 is 11.8 Å². The van der Waals surface area contributed by atoms with Crippen LogP contribution in [0.1, 0.15) is 18.4 Å². The number of hydrogen-bond donors (Lipinski definition) is 1. The summed E-state index contributed by atoms with van der Waals surface area (Å²) in [5, 5.41) is 2.91. The minimum Gasteiger partial charge on any atom is -0.326 e. The molecule has 0 radical (unpaired) electrons. The molecule has 1 aliphatic carbocycles. The first kappa shape index (κ1) is 14.1. The Hall–Kier alpha value is -1.81. The minimum atomic E-state index is -0.168. The topological polar surface area (TPSA) is 29.1 Å². The van der Waals surface area contributed by atoms with Crippen LogP contribution in [-0.4, -0.2) is 5.91 Å². The van der Waals surface area contributed by atoms with Gasteiger partial charge in [-0.05, 0) is 48.7 Å². The molecule has 0 unspecified atom stereocenters. The van der Waals surface area contributed by atoms with Crippen LogP contribution in [0.3, 0.4) is 0 Å². The largest absolute Gasteiger partial charge is 0.326 e. The summed E-state index contributed by atoms with van der Waals surface area (Å²) in [4.78, 5) is 12.7. The molecule has 2 aromatic carbocycles. The van der Waals surface area contributed by atoms with Crippen molar-refractivity contribution < 1.29 is 9.18 Å². The van der Waals surface area contributed by atoms with Gasteiger partial charge in [0.15, 0.2) is 0 Å². The van der Waals surface area contributed by atoms with Gasteiger partial charge >= 0.3 is 0 Å². The van der Waals surface area contributed by atoms with Gasteiger partial charge in [-0.1, -0.05) is 18.2 Å². The van der Waals surface area contributed by atoms with E-state index in [4.69, 9.17) is 0 Å². The first-order valence-corrected chi connectivity index (χ1v) is 7.98. The molecule has 1 saturated carbocycles. The van der Waals surface area contributed by atoms with Gasteiger partial charge in [-0.3, -0.25) is 4.79 Å². The lowest BCUT2D eigenvalue weighted by Crippen LogP contribution is -2.12. The monoisotopic (exact) mass is 301 g/mol. The quantitative estimate of drug-likeness (QED) is 0.826. The molecule has 4 heteroatoms. The van der Waals surface area contributed by atoms with Crippen LogP contribution < -0.4 is 5.32 Å². The van der Waals surface area contributed by atoms with Gasteiger partial charge < -0.3 is 5.32 Å². The van der Waals surface area contributed by atoms with E-state index < -0.39 is 0 Å². The molecule has 2 nitrogen and oxygen atoms in total. The summed E-state index contributed by atoms with van der Waals surface area (Å²) in [6.45, 7) is 0. The maximum Gasteiger partial charge on any atom is 0.227 e. The molecule has 0 aromatic heterocycles. The Kier molecular flexibility index (Phi) is 4.25. The van der Waals surface area contributed by atoms with Crippen LogP contribution in [0.15, 0.2) is 53.4 Å². The van der Waals surface area contributed by atoms with Crippen molar-refractivity contribution in [3.8, 4) is 0 Å². The number of rotatable bonds is 5.